The SMILES string of the molecule is Cc1cccc(CNCC2CCCCC2CO)c1. The van der Waals surface area contributed by atoms with Gasteiger partial charge in [0.1, 0.15) is 0 Å². The number of nitrogens with one attached hydrogen (secondary N) is 1. The zero-order chi connectivity index (χ0) is 12.8. The molecule has 1 aromatic rings. The molecule has 0 saturated heterocycles. The molecule has 0 amide bonds. The van der Waals surface area contributed by atoms with Crippen molar-refractivity contribution in [1.82, 2.24) is 5.32 Å². The van der Waals surface area contributed by atoms with E-state index in [-0.39, 0.29) is 0 Å². The zero-order valence-corrected chi connectivity index (χ0v) is 11.4. The van der Waals surface area contributed by atoms with Crippen molar-refractivity contribution in [2.24, 2.45) is 11.8 Å². The van der Waals surface area contributed by atoms with Crippen LogP contribution >= 0.6 is 0 Å². The summed E-state index contributed by atoms with van der Waals surface area (Å²) in [5.74, 6) is 1.18. The molecule has 2 atom stereocenters. The monoisotopic (exact) mass is 247 g/mol. The summed E-state index contributed by atoms with van der Waals surface area (Å²) in [7, 11) is 0. The van der Waals surface area contributed by atoms with Crippen molar-refractivity contribution in [2.75, 3.05) is 13.2 Å². The molecule has 0 bridgehead atoms. The molecule has 1 saturated carbocycles. The fourth-order valence-corrected chi connectivity index (χ4v) is 3.02. The van der Waals surface area contributed by atoms with Crippen molar-refractivity contribution in [3.05, 3.63) is 35.4 Å². The molecule has 0 aliphatic heterocycles. The molecule has 0 heterocycles. The third kappa shape index (κ3) is 3.82. The fourth-order valence-electron chi connectivity index (χ4n) is 3.02. The minimum absolute atomic E-state index is 0.358. The Morgan fingerprint density at radius 1 is 1.22 bits per heavy atom. The van der Waals surface area contributed by atoms with Crippen LogP contribution in [0.25, 0.3) is 0 Å². The average molecular weight is 247 g/mol. The first-order valence-electron chi connectivity index (χ1n) is 7.16. The van der Waals surface area contributed by atoms with E-state index in [9.17, 15) is 5.11 Å². The van der Waals surface area contributed by atoms with Gasteiger partial charge in [-0.1, -0.05) is 42.7 Å². The highest BCUT2D eigenvalue weighted by Gasteiger charge is 2.23. The van der Waals surface area contributed by atoms with Gasteiger partial charge in [-0.25, -0.2) is 0 Å². The van der Waals surface area contributed by atoms with Crippen LogP contribution in [-0.2, 0) is 6.54 Å². The summed E-state index contributed by atoms with van der Waals surface area (Å²) in [4.78, 5) is 0. The van der Waals surface area contributed by atoms with E-state index in [1.807, 2.05) is 0 Å². The van der Waals surface area contributed by atoms with Crippen LogP contribution in [0.15, 0.2) is 24.3 Å². The first-order chi connectivity index (χ1) is 8.79. The van der Waals surface area contributed by atoms with Crippen LogP contribution in [0, 0.1) is 18.8 Å². The molecule has 0 radical (unpaired) electrons. The topological polar surface area (TPSA) is 32.3 Å². The summed E-state index contributed by atoms with van der Waals surface area (Å²) in [5, 5.41) is 12.9. The summed E-state index contributed by atoms with van der Waals surface area (Å²) in [6.07, 6.45) is 5.09. The van der Waals surface area contributed by atoms with Crippen LogP contribution in [-0.4, -0.2) is 18.3 Å². The van der Waals surface area contributed by atoms with E-state index in [2.05, 4.69) is 36.5 Å². The lowest BCUT2D eigenvalue weighted by atomic mass is 9.79. The molecular formula is C16H25NO. The number of hydrogen-bond donors (Lipinski definition) is 2. The Kier molecular flexibility index (Phi) is 5.21. The highest BCUT2D eigenvalue weighted by atomic mass is 16.3. The molecule has 18 heavy (non-hydrogen) atoms. The van der Waals surface area contributed by atoms with Crippen molar-refractivity contribution in [2.45, 2.75) is 39.2 Å². The molecule has 2 rings (SSSR count). The molecule has 0 spiro atoms. The number of aliphatic hydroxyl groups excluding tert-OH is 1. The number of hydrogen-bond acceptors (Lipinski definition) is 2. The van der Waals surface area contributed by atoms with Gasteiger partial charge in [0.25, 0.3) is 0 Å². The second-order valence-electron chi connectivity index (χ2n) is 5.61. The van der Waals surface area contributed by atoms with Gasteiger partial charge in [-0.3, -0.25) is 0 Å². The molecule has 2 unspecified atom stereocenters. The second kappa shape index (κ2) is 6.91. The molecule has 100 valence electrons. The zero-order valence-electron chi connectivity index (χ0n) is 11.4. The molecule has 0 aromatic heterocycles. The lowest BCUT2D eigenvalue weighted by Gasteiger charge is -2.30. The Hall–Kier alpha value is -0.860. The van der Waals surface area contributed by atoms with E-state index in [0.29, 0.717) is 18.4 Å². The first kappa shape index (κ1) is 13.6. The van der Waals surface area contributed by atoms with E-state index in [4.69, 9.17) is 0 Å². The number of rotatable bonds is 5. The van der Waals surface area contributed by atoms with E-state index in [1.165, 1.54) is 36.8 Å². The van der Waals surface area contributed by atoms with Crippen LogP contribution in [0.5, 0.6) is 0 Å². The average Bonchev–Trinajstić information content (AvgIpc) is 2.39. The Balaban J connectivity index is 1.77. The summed E-state index contributed by atoms with van der Waals surface area (Å²) in [6.45, 7) is 4.47. The molecule has 1 aliphatic carbocycles. The predicted octanol–water partition coefficient (Wildman–Crippen LogP) is 2.88. The van der Waals surface area contributed by atoms with E-state index < -0.39 is 0 Å². The summed E-state index contributed by atoms with van der Waals surface area (Å²) in [5.41, 5.74) is 2.67. The quantitative estimate of drug-likeness (QED) is 0.838. The molecule has 2 N–H and O–H groups in total. The third-order valence-electron chi connectivity index (χ3n) is 4.12. The van der Waals surface area contributed by atoms with Crippen LogP contribution in [0.4, 0.5) is 0 Å². The van der Waals surface area contributed by atoms with Crippen LogP contribution < -0.4 is 5.32 Å². The van der Waals surface area contributed by atoms with Crippen LogP contribution in [0.2, 0.25) is 0 Å². The van der Waals surface area contributed by atoms with Gasteiger partial charge < -0.3 is 10.4 Å². The summed E-state index contributed by atoms with van der Waals surface area (Å²) >= 11 is 0. The van der Waals surface area contributed by atoms with E-state index in [0.717, 1.165) is 13.1 Å². The minimum Gasteiger partial charge on any atom is -0.396 e. The van der Waals surface area contributed by atoms with Gasteiger partial charge in [0.05, 0.1) is 0 Å². The fraction of sp³-hybridized carbons (Fsp3) is 0.625. The van der Waals surface area contributed by atoms with Crippen molar-refractivity contribution >= 4 is 0 Å². The number of aliphatic hydroxyl groups is 1. The van der Waals surface area contributed by atoms with E-state index >= 15 is 0 Å². The Labute approximate surface area is 110 Å². The first-order valence-corrected chi connectivity index (χ1v) is 7.16. The minimum atomic E-state index is 0.358. The molecule has 2 heteroatoms. The molecular weight excluding hydrogens is 222 g/mol. The van der Waals surface area contributed by atoms with Crippen molar-refractivity contribution in [3.63, 3.8) is 0 Å². The van der Waals surface area contributed by atoms with Gasteiger partial charge >= 0.3 is 0 Å². The van der Waals surface area contributed by atoms with E-state index in [1.54, 1.807) is 0 Å². The van der Waals surface area contributed by atoms with Crippen LogP contribution in [0.3, 0.4) is 0 Å². The molecule has 1 fully saturated rings. The molecule has 2 nitrogen and oxygen atoms in total. The van der Waals surface area contributed by atoms with Gasteiger partial charge in [-0.05, 0) is 43.7 Å². The standard InChI is InChI=1S/C16H25NO/c1-13-5-4-6-14(9-13)10-17-11-15-7-2-3-8-16(15)12-18/h4-6,9,15-18H,2-3,7-8,10-12H2,1H3. The summed E-state index contributed by atoms with van der Waals surface area (Å²) in [6, 6.07) is 8.65. The van der Waals surface area contributed by atoms with Gasteiger partial charge in [-0.15, -0.1) is 0 Å². The van der Waals surface area contributed by atoms with Crippen molar-refractivity contribution < 1.29 is 5.11 Å². The summed E-state index contributed by atoms with van der Waals surface area (Å²) < 4.78 is 0. The van der Waals surface area contributed by atoms with Gasteiger partial charge in [0.15, 0.2) is 0 Å². The lowest BCUT2D eigenvalue weighted by molar-refractivity contribution is 0.133. The number of benzene rings is 1. The maximum absolute atomic E-state index is 9.39. The smallest absolute Gasteiger partial charge is 0.0462 e. The highest BCUT2D eigenvalue weighted by molar-refractivity contribution is 5.21. The van der Waals surface area contributed by atoms with Crippen LogP contribution in [0.1, 0.15) is 36.8 Å². The second-order valence-corrected chi connectivity index (χ2v) is 5.61. The van der Waals surface area contributed by atoms with Gasteiger partial charge in [-0.2, -0.15) is 0 Å². The predicted molar refractivity (Wildman–Crippen MR) is 75.4 cm³/mol. The maximum atomic E-state index is 9.39. The van der Waals surface area contributed by atoms with Crippen molar-refractivity contribution in [1.29, 1.82) is 0 Å². The normalized spacial score (nSPS) is 24.1. The molecule has 1 aliphatic rings. The maximum Gasteiger partial charge on any atom is 0.0462 e. The number of aryl methyl sites for hydroxylation is 1. The van der Waals surface area contributed by atoms with Crippen molar-refractivity contribution in [3.8, 4) is 0 Å². The largest absolute Gasteiger partial charge is 0.396 e. The third-order valence-corrected chi connectivity index (χ3v) is 4.12. The Bertz CT molecular complexity index is 364. The van der Waals surface area contributed by atoms with Gasteiger partial charge in [0, 0.05) is 13.2 Å². The lowest BCUT2D eigenvalue weighted by Crippen LogP contribution is -2.32. The molecule has 1 aromatic carbocycles. The highest BCUT2D eigenvalue weighted by Crippen LogP contribution is 2.29. The Morgan fingerprint density at radius 2 is 2.00 bits per heavy atom. The van der Waals surface area contributed by atoms with Gasteiger partial charge in [0.2, 0.25) is 0 Å². The Morgan fingerprint density at radius 3 is 2.72 bits per heavy atom.